The lowest BCUT2D eigenvalue weighted by Crippen LogP contribution is -2.46. The molecule has 0 radical (unpaired) electrons. The van der Waals surface area contributed by atoms with Crippen LogP contribution >= 0.6 is 0 Å². The predicted molar refractivity (Wildman–Crippen MR) is 141 cm³/mol. The molecule has 1 unspecified atom stereocenters. The monoisotopic (exact) mass is 555 g/mol. The van der Waals surface area contributed by atoms with Gasteiger partial charge in [-0.3, -0.25) is 24.7 Å². The number of nitrogens with one attached hydrogen (secondary N) is 1. The van der Waals surface area contributed by atoms with E-state index < -0.39 is 28.8 Å². The van der Waals surface area contributed by atoms with E-state index in [2.05, 4.69) is 10.2 Å². The van der Waals surface area contributed by atoms with E-state index in [9.17, 15) is 19.7 Å². The highest BCUT2D eigenvalue weighted by Crippen LogP contribution is 2.32. The van der Waals surface area contributed by atoms with Gasteiger partial charge in [0.05, 0.1) is 37.1 Å². The number of halogens is 2. The smallest absolute Gasteiger partial charge is 0.433 e. The zero-order valence-electron chi connectivity index (χ0n) is 21.6. The number of anilines is 2. The second-order valence-corrected chi connectivity index (χ2v) is 9.64. The third kappa shape index (κ3) is 5.88. The second kappa shape index (κ2) is 11.3. The molecule has 2 amide bonds. The highest BCUT2D eigenvalue weighted by Gasteiger charge is 2.33. The van der Waals surface area contributed by atoms with Crippen molar-refractivity contribution < 1.29 is 32.4 Å². The summed E-state index contributed by atoms with van der Waals surface area (Å²) in [6.45, 7) is 4.40. The molecule has 0 aliphatic carbocycles. The van der Waals surface area contributed by atoms with Crippen molar-refractivity contribution in [3.05, 3.63) is 76.0 Å². The number of hydrogen-bond acceptors (Lipinski definition) is 8. The normalized spacial score (nSPS) is 17.7. The van der Waals surface area contributed by atoms with Crippen LogP contribution in [-0.4, -0.2) is 67.2 Å². The zero-order valence-corrected chi connectivity index (χ0v) is 21.6. The summed E-state index contributed by atoms with van der Waals surface area (Å²) in [5, 5.41) is 13.4. The van der Waals surface area contributed by atoms with Crippen molar-refractivity contribution in [2.45, 2.75) is 19.6 Å². The molecule has 2 aromatic carbocycles. The SMILES string of the molecule is CC(=O)NCC1CN(c2ccc(-c3ccc(N4CCN(Cc5ccc([N+](=O)[O-])o5)CC4)c(F)c3)c(F)c2)C(=O)O1. The molecule has 1 atom stereocenters. The first-order valence-corrected chi connectivity index (χ1v) is 12.7. The number of carbonyl (C=O) groups excluding carboxylic acids is 2. The third-order valence-corrected chi connectivity index (χ3v) is 6.90. The Morgan fingerprint density at radius 1 is 1.07 bits per heavy atom. The van der Waals surface area contributed by atoms with E-state index in [-0.39, 0.29) is 30.4 Å². The van der Waals surface area contributed by atoms with Crippen LogP contribution in [0.1, 0.15) is 12.7 Å². The van der Waals surface area contributed by atoms with E-state index >= 15 is 8.78 Å². The molecular weight excluding hydrogens is 528 g/mol. The number of ether oxygens (including phenoxy) is 1. The number of nitrogens with zero attached hydrogens (tertiary/aromatic N) is 4. The van der Waals surface area contributed by atoms with E-state index in [1.807, 2.05) is 4.90 Å². The van der Waals surface area contributed by atoms with Gasteiger partial charge in [0.2, 0.25) is 5.91 Å². The number of nitro groups is 1. The quantitative estimate of drug-likeness (QED) is 0.328. The molecule has 40 heavy (non-hydrogen) atoms. The Morgan fingerprint density at radius 3 is 2.50 bits per heavy atom. The van der Waals surface area contributed by atoms with Crippen molar-refractivity contribution >= 4 is 29.3 Å². The molecule has 3 aromatic rings. The van der Waals surface area contributed by atoms with Gasteiger partial charge in [0.25, 0.3) is 0 Å². The molecule has 210 valence electrons. The van der Waals surface area contributed by atoms with E-state index in [0.29, 0.717) is 55.4 Å². The Bertz CT molecular complexity index is 1440. The predicted octanol–water partition coefficient (Wildman–Crippen LogP) is 3.92. The van der Waals surface area contributed by atoms with Crippen LogP contribution in [0, 0.1) is 21.7 Å². The van der Waals surface area contributed by atoms with Crippen LogP contribution < -0.4 is 15.1 Å². The molecule has 1 aromatic heterocycles. The fraction of sp³-hybridized carbons (Fsp3) is 0.333. The van der Waals surface area contributed by atoms with Crippen LogP contribution in [0.15, 0.2) is 52.9 Å². The first kappa shape index (κ1) is 27.1. The van der Waals surface area contributed by atoms with Crippen LogP contribution in [0.25, 0.3) is 11.1 Å². The summed E-state index contributed by atoms with van der Waals surface area (Å²) in [7, 11) is 0. The van der Waals surface area contributed by atoms with Gasteiger partial charge >= 0.3 is 12.0 Å². The summed E-state index contributed by atoms with van der Waals surface area (Å²) in [6, 6.07) is 11.7. The summed E-state index contributed by atoms with van der Waals surface area (Å²) in [6.07, 6.45) is -1.18. The summed E-state index contributed by atoms with van der Waals surface area (Å²) in [4.78, 5) is 38.8. The maximum Gasteiger partial charge on any atom is 0.433 e. The number of benzene rings is 2. The van der Waals surface area contributed by atoms with E-state index in [0.717, 1.165) is 0 Å². The van der Waals surface area contributed by atoms with Gasteiger partial charge in [0.1, 0.15) is 28.4 Å². The Morgan fingerprint density at radius 2 is 1.85 bits per heavy atom. The molecule has 11 nitrogen and oxygen atoms in total. The van der Waals surface area contributed by atoms with Gasteiger partial charge in [-0.25, -0.2) is 13.6 Å². The molecule has 2 aliphatic heterocycles. The number of hydrogen-bond donors (Lipinski definition) is 1. The Hall–Kier alpha value is -4.52. The van der Waals surface area contributed by atoms with Crippen LogP contribution in [-0.2, 0) is 16.1 Å². The molecular formula is C27H27F2N5O6. The minimum absolute atomic E-state index is 0.160. The molecule has 1 N–H and O–H groups in total. The minimum Gasteiger partial charge on any atom is -0.442 e. The standard InChI is InChI=1S/C27H27F2N5O6/c1-17(35)30-14-21-16-33(27(36)40-21)19-3-5-22(23(28)13-19)18-2-6-25(24(29)12-18)32-10-8-31(9-11-32)15-20-4-7-26(39-20)34(37)38/h2-7,12-13,21H,8-11,14-16H2,1H3,(H,30,35). The topological polar surface area (TPSA) is 121 Å². The van der Waals surface area contributed by atoms with Gasteiger partial charge < -0.3 is 19.4 Å². The molecule has 0 spiro atoms. The highest BCUT2D eigenvalue weighted by molar-refractivity contribution is 5.90. The van der Waals surface area contributed by atoms with Crippen molar-refractivity contribution in [2.24, 2.45) is 0 Å². The van der Waals surface area contributed by atoms with Crippen molar-refractivity contribution in [2.75, 3.05) is 49.1 Å². The highest BCUT2D eigenvalue weighted by atomic mass is 19.1. The minimum atomic E-state index is -0.636. The first-order valence-electron chi connectivity index (χ1n) is 12.7. The average Bonchev–Trinajstić information content (AvgIpc) is 3.54. The summed E-state index contributed by atoms with van der Waals surface area (Å²) < 4.78 is 40.7. The zero-order chi connectivity index (χ0) is 28.4. The number of piperazine rings is 1. The number of amides is 2. The lowest BCUT2D eigenvalue weighted by Gasteiger charge is -2.35. The van der Waals surface area contributed by atoms with Gasteiger partial charge in [-0.1, -0.05) is 6.07 Å². The molecule has 2 aliphatic rings. The maximum atomic E-state index is 15.2. The number of cyclic esters (lactones) is 1. The Labute approximate surface area is 228 Å². The van der Waals surface area contributed by atoms with Gasteiger partial charge in [0.15, 0.2) is 0 Å². The molecule has 13 heteroatoms. The van der Waals surface area contributed by atoms with Gasteiger partial charge in [-0.15, -0.1) is 0 Å². The molecule has 0 saturated carbocycles. The summed E-state index contributed by atoms with van der Waals surface area (Å²) in [5.74, 6) is -1.15. The number of rotatable bonds is 8. The summed E-state index contributed by atoms with van der Waals surface area (Å²) in [5.41, 5.74) is 1.25. The molecule has 2 fully saturated rings. The van der Waals surface area contributed by atoms with Crippen molar-refractivity contribution in [3.63, 3.8) is 0 Å². The second-order valence-electron chi connectivity index (χ2n) is 9.64. The third-order valence-electron chi connectivity index (χ3n) is 6.90. The van der Waals surface area contributed by atoms with E-state index in [4.69, 9.17) is 9.15 Å². The Kier molecular flexibility index (Phi) is 7.65. The van der Waals surface area contributed by atoms with Crippen molar-refractivity contribution in [1.29, 1.82) is 0 Å². The lowest BCUT2D eigenvalue weighted by molar-refractivity contribution is -0.402. The van der Waals surface area contributed by atoms with Gasteiger partial charge in [-0.05, 0) is 42.0 Å². The van der Waals surface area contributed by atoms with Crippen LogP contribution in [0.4, 0.5) is 30.8 Å². The number of furan rings is 1. The van der Waals surface area contributed by atoms with Crippen LogP contribution in [0.5, 0.6) is 0 Å². The number of carbonyl (C=O) groups is 2. The van der Waals surface area contributed by atoms with Gasteiger partial charge in [-0.2, -0.15) is 0 Å². The van der Waals surface area contributed by atoms with E-state index in [1.165, 1.54) is 36.1 Å². The average molecular weight is 556 g/mol. The summed E-state index contributed by atoms with van der Waals surface area (Å²) >= 11 is 0. The van der Waals surface area contributed by atoms with Crippen molar-refractivity contribution in [1.82, 2.24) is 10.2 Å². The fourth-order valence-electron chi connectivity index (χ4n) is 4.85. The lowest BCUT2D eigenvalue weighted by atomic mass is 10.0. The maximum absolute atomic E-state index is 15.2. The fourth-order valence-corrected chi connectivity index (χ4v) is 4.85. The Balaban J connectivity index is 1.21. The molecule has 0 bridgehead atoms. The first-order chi connectivity index (χ1) is 19.2. The van der Waals surface area contributed by atoms with Crippen molar-refractivity contribution in [3.8, 4) is 11.1 Å². The largest absolute Gasteiger partial charge is 0.442 e. The van der Waals surface area contributed by atoms with Crippen LogP contribution in [0.2, 0.25) is 0 Å². The molecule has 2 saturated heterocycles. The van der Waals surface area contributed by atoms with Gasteiger partial charge in [0, 0.05) is 38.7 Å². The van der Waals surface area contributed by atoms with Crippen LogP contribution in [0.3, 0.4) is 0 Å². The molecule has 5 rings (SSSR count). The van der Waals surface area contributed by atoms with E-state index in [1.54, 1.807) is 24.3 Å². The molecule has 3 heterocycles.